The topological polar surface area (TPSA) is 27.7 Å². The van der Waals surface area contributed by atoms with Crippen LogP contribution in [0.4, 0.5) is 0 Å². The van der Waals surface area contributed by atoms with Crippen molar-refractivity contribution in [2.75, 3.05) is 6.61 Å². The molecule has 0 aliphatic carbocycles. The fourth-order valence-corrected chi connectivity index (χ4v) is 10.0. The van der Waals surface area contributed by atoms with E-state index in [9.17, 15) is 0 Å². The standard InChI is InChI=1S/C21H32O3SSi/c1-20(2,3)26(21(4,5)6)22-15-18-17(24-26)13-10-14-19(23-18)25-16-11-8-7-9-12-16/h7-13,17-19H,14-15H2,1-6H3/t17-,18+,19?/m0/s1. The van der Waals surface area contributed by atoms with Gasteiger partial charge in [0.2, 0.25) is 0 Å². The maximum absolute atomic E-state index is 6.78. The molecule has 1 unspecified atom stereocenters. The summed E-state index contributed by atoms with van der Waals surface area (Å²) in [5, 5.41) is -0.0108. The van der Waals surface area contributed by atoms with E-state index in [2.05, 4.69) is 78.0 Å². The van der Waals surface area contributed by atoms with E-state index >= 15 is 0 Å². The van der Waals surface area contributed by atoms with Crippen LogP contribution in [0.1, 0.15) is 48.0 Å². The van der Waals surface area contributed by atoms with Gasteiger partial charge in [-0.1, -0.05) is 83.7 Å². The van der Waals surface area contributed by atoms with Gasteiger partial charge < -0.3 is 13.6 Å². The number of benzene rings is 1. The fraction of sp³-hybridized carbons (Fsp3) is 0.619. The monoisotopic (exact) mass is 392 g/mol. The van der Waals surface area contributed by atoms with Crippen LogP contribution in [-0.2, 0) is 13.6 Å². The summed E-state index contributed by atoms with van der Waals surface area (Å²) in [6.45, 7) is 14.1. The second kappa shape index (κ2) is 7.44. The Kier molecular flexibility index (Phi) is 5.76. The minimum atomic E-state index is -2.45. The molecule has 2 aliphatic rings. The van der Waals surface area contributed by atoms with Gasteiger partial charge in [0.1, 0.15) is 11.5 Å². The van der Waals surface area contributed by atoms with Gasteiger partial charge in [-0.15, -0.1) is 0 Å². The predicted octanol–water partition coefficient (Wildman–Crippen LogP) is 5.91. The Morgan fingerprint density at radius 1 is 1.00 bits per heavy atom. The highest BCUT2D eigenvalue weighted by Crippen LogP contribution is 2.54. The van der Waals surface area contributed by atoms with E-state index in [0.717, 1.165) is 6.42 Å². The lowest BCUT2D eigenvalue weighted by Gasteiger charge is -2.54. The van der Waals surface area contributed by atoms with Gasteiger partial charge in [-0.25, -0.2) is 0 Å². The number of thioether (sulfide) groups is 1. The summed E-state index contributed by atoms with van der Waals surface area (Å²) in [5.74, 6) is 0. The van der Waals surface area contributed by atoms with Gasteiger partial charge in [-0.2, -0.15) is 0 Å². The van der Waals surface area contributed by atoms with Crippen LogP contribution in [0.3, 0.4) is 0 Å². The summed E-state index contributed by atoms with van der Waals surface area (Å²) in [4.78, 5) is 1.23. The molecule has 2 heterocycles. The first-order valence-corrected chi connectivity index (χ1v) is 12.2. The zero-order chi connectivity index (χ0) is 19.0. The van der Waals surface area contributed by atoms with Crippen molar-refractivity contribution in [3.63, 3.8) is 0 Å². The van der Waals surface area contributed by atoms with Crippen LogP contribution in [0.15, 0.2) is 47.4 Å². The van der Waals surface area contributed by atoms with Crippen LogP contribution < -0.4 is 0 Å². The summed E-state index contributed by atoms with van der Waals surface area (Å²) >= 11 is 1.77. The van der Waals surface area contributed by atoms with Gasteiger partial charge in [0.25, 0.3) is 0 Å². The van der Waals surface area contributed by atoms with Crippen molar-refractivity contribution in [1.29, 1.82) is 0 Å². The van der Waals surface area contributed by atoms with Gasteiger partial charge in [-0.3, -0.25) is 0 Å². The van der Waals surface area contributed by atoms with Crippen molar-refractivity contribution in [2.24, 2.45) is 0 Å². The SMILES string of the molecule is CC(C)(C)[Si]1(C(C)(C)C)OC[C@H]2OC(Sc3ccccc3)CC=C[C@@H]2O1. The molecule has 1 fully saturated rings. The minimum absolute atomic E-state index is 0.00540. The van der Waals surface area contributed by atoms with Crippen molar-refractivity contribution in [3.05, 3.63) is 42.5 Å². The molecule has 0 N–H and O–H groups in total. The fourth-order valence-electron chi connectivity index (χ4n) is 4.09. The van der Waals surface area contributed by atoms with Crippen LogP contribution >= 0.6 is 11.8 Å². The van der Waals surface area contributed by atoms with Gasteiger partial charge in [0, 0.05) is 21.4 Å². The van der Waals surface area contributed by atoms with E-state index in [0.29, 0.717) is 6.61 Å². The number of rotatable bonds is 2. The van der Waals surface area contributed by atoms with Gasteiger partial charge in [-0.05, 0) is 12.1 Å². The first-order valence-electron chi connectivity index (χ1n) is 9.48. The number of ether oxygens (including phenoxy) is 1. The quantitative estimate of drug-likeness (QED) is 0.462. The van der Waals surface area contributed by atoms with Crippen molar-refractivity contribution in [1.82, 2.24) is 0 Å². The Bertz CT molecular complexity index is 619. The average Bonchev–Trinajstić information content (AvgIpc) is 2.74. The second-order valence-corrected chi connectivity index (χ2v) is 15.2. The highest BCUT2D eigenvalue weighted by molar-refractivity contribution is 7.99. The van der Waals surface area contributed by atoms with Crippen LogP contribution in [0.2, 0.25) is 10.1 Å². The first-order chi connectivity index (χ1) is 12.1. The van der Waals surface area contributed by atoms with Gasteiger partial charge >= 0.3 is 8.56 Å². The maximum atomic E-state index is 6.78. The molecule has 3 atom stereocenters. The third-order valence-corrected chi connectivity index (χ3v) is 11.3. The lowest BCUT2D eigenvalue weighted by atomic mass is 10.2. The zero-order valence-electron chi connectivity index (χ0n) is 16.8. The van der Waals surface area contributed by atoms with Crippen molar-refractivity contribution >= 4 is 20.3 Å². The molecule has 0 amide bonds. The molecule has 0 saturated carbocycles. The molecule has 1 aromatic rings. The summed E-state index contributed by atoms with van der Waals surface area (Å²) in [5.41, 5.74) is 0.0919. The predicted molar refractivity (Wildman–Crippen MR) is 111 cm³/mol. The summed E-state index contributed by atoms with van der Waals surface area (Å²) in [6.07, 6.45) is 5.25. The Balaban J connectivity index is 1.76. The molecule has 3 nitrogen and oxygen atoms in total. The Morgan fingerprint density at radius 2 is 1.65 bits per heavy atom. The molecule has 5 heteroatoms. The number of hydrogen-bond donors (Lipinski definition) is 0. The molecule has 0 spiro atoms. The van der Waals surface area contributed by atoms with Crippen LogP contribution in [0.5, 0.6) is 0 Å². The van der Waals surface area contributed by atoms with Crippen LogP contribution in [0.25, 0.3) is 0 Å². The second-order valence-electron chi connectivity index (χ2n) is 9.21. The summed E-state index contributed by atoms with van der Waals surface area (Å²) < 4.78 is 19.8. The first kappa shape index (κ1) is 20.1. The molecule has 0 radical (unpaired) electrons. The van der Waals surface area contributed by atoms with E-state index in [4.69, 9.17) is 13.6 Å². The Labute approximate surface area is 163 Å². The Morgan fingerprint density at radius 3 is 2.27 bits per heavy atom. The largest absolute Gasteiger partial charge is 0.391 e. The smallest absolute Gasteiger partial charge is 0.349 e. The summed E-state index contributed by atoms with van der Waals surface area (Å²) in [6, 6.07) is 10.4. The van der Waals surface area contributed by atoms with E-state index < -0.39 is 8.56 Å². The molecule has 2 aliphatic heterocycles. The van der Waals surface area contributed by atoms with Gasteiger partial charge in [0.05, 0.1) is 12.7 Å². The van der Waals surface area contributed by atoms with Crippen LogP contribution in [0, 0.1) is 0 Å². The molecular formula is C21H32O3SSi. The van der Waals surface area contributed by atoms with Crippen molar-refractivity contribution < 1.29 is 13.6 Å². The minimum Gasteiger partial charge on any atom is -0.391 e. The number of hydrogen-bond acceptors (Lipinski definition) is 4. The molecule has 0 aromatic heterocycles. The maximum Gasteiger partial charge on any atom is 0.349 e. The lowest BCUT2D eigenvalue weighted by Crippen LogP contribution is -2.64. The van der Waals surface area contributed by atoms with Crippen molar-refractivity contribution in [3.8, 4) is 0 Å². The third-order valence-electron chi connectivity index (χ3n) is 5.09. The molecule has 26 heavy (non-hydrogen) atoms. The molecule has 144 valence electrons. The lowest BCUT2D eigenvalue weighted by molar-refractivity contribution is -0.0939. The normalized spacial score (nSPS) is 29.1. The molecular weight excluding hydrogens is 360 g/mol. The van der Waals surface area contributed by atoms with Gasteiger partial charge in [0.15, 0.2) is 0 Å². The van der Waals surface area contributed by atoms with E-state index in [1.807, 2.05) is 6.07 Å². The molecule has 1 saturated heterocycles. The van der Waals surface area contributed by atoms with E-state index in [1.165, 1.54) is 4.90 Å². The summed E-state index contributed by atoms with van der Waals surface area (Å²) in [7, 11) is -2.45. The molecule has 3 rings (SSSR count). The Hall–Kier alpha value is -0.593. The average molecular weight is 393 g/mol. The number of fused-ring (bicyclic) bond motifs is 1. The van der Waals surface area contributed by atoms with Crippen molar-refractivity contribution in [2.45, 2.75) is 80.6 Å². The van der Waals surface area contributed by atoms with E-state index in [1.54, 1.807) is 11.8 Å². The highest BCUT2D eigenvalue weighted by atomic mass is 32.2. The molecule has 1 aromatic carbocycles. The zero-order valence-corrected chi connectivity index (χ0v) is 18.6. The van der Waals surface area contributed by atoms with Crippen LogP contribution in [-0.4, -0.2) is 32.8 Å². The highest BCUT2D eigenvalue weighted by Gasteiger charge is 2.61. The third kappa shape index (κ3) is 3.97. The van der Waals surface area contributed by atoms with E-state index in [-0.39, 0.29) is 27.7 Å². The molecule has 0 bridgehead atoms.